The van der Waals surface area contributed by atoms with Crippen molar-refractivity contribution in [3.8, 4) is 0 Å². The predicted octanol–water partition coefficient (Wildman–Crippen LogP) is 3.61. The second-order valence-corrected chi connectivity index (χ2v) is 12.7. The summed E-state index contributed by atoms with van der Waals surface area (Å²) in [6, 6.07) is 5.45. The fourth-order valence-electron chi connectivity index (χ4n) is 5.90. The second kappa shape index (κ2) is 9.61. The minimum Gasteiger partial charge on any atom is -0.353 e. The molecule has 2 atom stereocenters. The Balaban J connectivity index is 1.28. The maximum absolute atomic E-state index is 13.5. The van der Waals surface area contributed by atoms with Crippen molar-refractivity contribution in [1.82, 2.24) is 9.62 Å². The number of sulfonamides is 1. The molecule has 2 amide bonds. The zero-order valence-corrected chi connectivity index (χ0v) is 21.0. The Morgan fingerprint density at radius 2 is 1.68 bits per heavy atom. The molecule has 186 valence electrons. The van der Waals surface area contributed by atoms with Crippen LogP contribution in [0.1, 0.15) is 76.7 Å². The Hall–Kier alpha value is -1.93. The topological polar surface area (TPSA) is 86.8 Å². The molecule has 0 bridgehead atoms. The van der Waals surface area contributed by atoms with E-state index in [1.165, 1.54) is 17.1 Å². The van der Waals surface area contributed by atoms with Gasteiger partial charge in [-0.1, -0.05) is 25.7 Å². The molecule has 3 fully saturated rings. The van der Waals surface area contributed by atoms with Crippen LogP contribution in [0.3, 0.4) is 0 Å². The summed E-state index contributed by atoms with van der Waals surface area (Å²) in [5, 5.41) is 3.21. The molecular formula is C26H37N3O4S. The molecule has 0 radical (unpaired) electrons. The molecule has 5 rings (SSSR count). The number of hydrogen-bond donors (Lipinski definition) is 1. The van der Waals surface area contributed by atoms with E-state index in [4.69, 9.17) is 0 Å². The Morgan fingerprint density at radius 3 is 2.38 bits per heavy atom. The van der Waals surface area contributed by atoms with Crippen LogP contribution < -0.4 is 10.2 Å². The molecule has 1 aromatic carbocycles. The van der Waals surface area contributed by atoms with Crippen LogP contribution in [0.15, 0.2) is 23.1 Å². The number of amides is 2. The number of nitrogens with zero attached hydrogens (tertiary/aromatic N) is 2. The van der Waals surface area contributed by atoms with Gasteiger partial charge in [-0.05, 0) is 75.6 Å². The molecule has 2 aliphatic heterocycles. The first kappa shape index (κ1) is 23.8. The van der Waals surface area contributed by atoms with Crippen molar-refractivity contribution in [2.75, 3.05) is 18.0 Å². The third-order valence-electron chi connectivity index (χ3n) is 8.02. The maximum Gasteiger partial charge on any atom is 0.243 e. The molecule has 4 aliphatic rings. The highest BCUT2D eigenvalue weighted by Crippen LogP contribution is 2.40. The van der Waals surface area contributed by atoms with Crippen LogP contribution in [-0.2, 0) is 26.0 Å². The molecule has 1 aromatic rings. The lowest BCUT2D eigenvalue weighted by atomic mass is 9.97. The van der Waals surface area contributed by atoms with Gasteiger partial charge in [0.2, 0.25) is 21.8 Å². The fourth-order valence-corrected chi connectivity index (χ4v) is 7.47. The van der Waals surface area contributed by atoms with Gasteiger partial charge in [-0.2, -0.15) is 4.31 Å². The lowest BCUT2D eigenvalue weighted by Crippen LogP contribution is -2.47. The van der Waals surface area contributed by atoms with Gasteiger partial charge in [0, 0.05) is 36.8 Å². The highest BCUT2D eigenvalue weighted by atomic mass is 32.2. The second-order valence-electron chi connectivity index (χ2n) is 10.7. The van der Waals surface area contributed by atoms with Crippen LogP contribution >= 0.6 is 0 Å². The largest absolute Gasteiger partial charge is 0.353 e. The third kappa shape index (κ3) is 4.76. The Labute approximate surface area is 203 Å². The van der Waals surface area contributed by atoms with Crippen molar-refractivity contribution in [2.45, 2.75) is 94.5 Å². The number of carbonyl (C=O) groups is 2. The minimum atomic E-state index is -3.70. The molecular weight excluding hydrogens is 450 g/mol. The van der Waals surface area contributed by atoms with Crippen molar-refractivity contribution >= 4 is 27.5 Å². The van der Waals surface area contributed by atoms with Crippen molar-refractivity contribution < 1.29 is 18.0 Å². The molecule has 2 saturated carbocycles. The van der Waals surface area contributed by atoms with E-state index in [9.17, 15) is 18.0 Å². The van der Waals surface area contributed by atoms with Gasteiger partial charge in [-0.25, -0.2) is 8.42 Å². The van der Waals surface area contributed by atoms with E-state index in [0.29, 0.717) is 19.4 Å². The van der Waals surface area contributed by atoms with Gasteiger partial charge in [-0.3, -0.25) is 9.59 Å². The van der Waals surface area contributed by atoms with Crippen molar-refractivity contribution in [1.29, 1.82) is 0 Å². The standard InChI is InChI=1S/C26H37N3O4S/c1-18-15-21-16-23(12-13-24(21)29(18)26(31)19-10-11-19)34(32,33)28-14-6-7-20(17-28)25(30)27-22-8-4-2-3-5-9-22/h12-13,16,18-20,22H,2-11,14-15,17H2,1H3,(H,27,30)/t18-,20+/m0/s1. The molecule has 8 heteroatoms. The minimum absolute atomic E-state index is 0.00353. The summed E-state index contributed by atoms with van der Waals surface area (Å²) >= 11 is 0. The average Bonchev–Trinajstić information content (AvgIpc) is 3.65. The van der Waals surface area contributed by atoms with Gasteiger partial charge in [0.15, 0.2) is 0 Å². The molecule has 2 aliphatic carbocycles. The van der Waals surface area contributed by atoms with E-state index >= 15 is 0 Å². The number of piperidine rings is 1. The lowest BCUT2D eigenvalue weighted by molar-refractivity contribution is -0.127. The Kier molecular flexibility index (Phi) is 6.73. The summed E-state index contributed by atoms with van der Waals surface area (Å²) < 4.78 is 28.5. The first-order valence-electron chi connectivity index (χ1n) is 13.1. The summed E-state index contributed by atoms with van der Waals surface area (Å²) in [5.41, 5.74) is 1.77. The number of nitrogens with one attached hydrogen (secondary N) is 1. The SMILES string of the molecule is C[C@H]1Cc2cc(S(=O)(=O)N3CCC[C@@H](C(=O)NC4CCCCCC4)C3)ccc2N1C(=O)C1CC1. The van der Waals surface area contributed by atoms with Gasteiger partial charge >= 0.3 is 0 Å². The molecule has 0 spiro atoms. The number of benzene rings is 1. The molecule has 34 heavy (non-hydrogen) atoms. The van der Waals surface area contributed by atoms with Gasteiger partial charge < -0.3 is 10.2 Å². The Morgan fingerprint density at radius 1 is 0.941 bits per heavy atom. The maximum atomic E-state index is 13.5. The first-order valence-corrected chi connectivity index (χ1v) is 14.5. The number of hydrogen-bond acceptors (Lipinski definition) is 4. The van der Waals surface area contributed by atoms with Crippen molar-refractivity contribution in [3.63, 3.8) is 0 Å². The van der Waals surface area contributed by atoms with Crippen LogP contribution in [0, 0.1) is 11.8 Å². The van der Waals surface area contributed by atoms with E-state index in [1.807, 2.05) is 11.8 Å². The van der Waals surface area contributed by atoms with Crippen molar-refractivity contribution in [2.24, 2.45) is 11.8 Å². The lowest BCUT2D eigenvalue weighted by Gasteiger charge is -2.32. The normalized spacial score (nSPS) is 26.7. The number of rotatable bonds is 5. The molecule has 2 heterocycles. The highest BCUT2D eigenvalue weighted by Gasteiger charge is 2.40. The molecule has 0 unspecified atom stereocenters. The zero-order valence-electron chi connectivity index (χ0n) is 20.2. The van der Waals surface area contributed by atoms with E-state index in [-0.39, 0.29) is 47.2 Å². The first-order chi connectivity index (χ1) is 16.3. The zero-order chi connectivity index (χ0) is 23.9. The molecule has 7 nitrogen and oxygen atoms in total. The van der Waals surface area contributed by atoms with Gasteiger partial charge in [-0.15, -0.1) is 0 Å². The summed E-state index contributed by atoms with van der Waals surface area (Å²) in [6.45, 7) is 2.70. The van der Waals surface area contributed by atoms with E-state index in [2.05, 4.69) is 5.32 Å². The van der Waals surface area contributed by atoms with Crippen LogP contribution in [0.2, 0.25) is 0 Å². The van der Waals surface area contributed by atoms with Crippen molar-refractivity contribution in [3.05, 3.63) is 23.8 Å². The average molecular weight is 488 g/mol. The van der Waals surface area contributed by atoms with Gasteiger partial charge in [0.25, 0.3) is 0 Å². The summed E-state index contributed by atoms with van der Waals surface area (Å²) in [4.78, 5) is 27.8. The number of carbonyl (C=O) groups excluding carboxylic acids is 2. The third-order valence-corrected chi connectivity index (χ3v) is 9.89. The Bertz CT molecular complexity index is 1040. The monoisotopic (exact) mass is 487 g/mol. The summed E-state index contributed by atoms with van der Waals surface area (Å²) in [6.07, 6.45) is 10.8. The van der Waals surface area contributed by atoms with E-state index in [1.54, 1.807) is 18.2 Å². The van der Waals surface area contributed by atoms with Crippen LogP contribution in [0.25, 0.3) is 0 Å². The number of fused-ring (bicyclic) bond motifs is 1. The van der Waals surface area contributed by atoms with E-state index in [0.717, 1.165) is 56.2 Å². The van der Waals surface area contributed by atoms with Crippen LogP contribution in [0.4, 0.5) is 5.69 Å². The smallest absolute Gasteiger partial charge is 0.243 e. The quantitative estimate of drug-likeness (QED) is 0.643. The highest BCUT2D eigenvalue weighted by molar-refractivity contribution is 7.89. The summed E-state index contributed by atoms with van der Waals surface area (Å²) in [5.74, 6) is 0.00308. The summed E-state index contributed by atoms with van der Waals surface area (Å²) in [7, 11) is -3.70. The molecule has 1 saturated heterocycles. The van der Waals surface area contributed by atoms with Gasteiger partial charge in [0.1, 0.15) is 0 Å². The molecule has 1 N–H and O–H groups in total. The van der Waals surface area contributed by atoms with Gasteiger partial charge in [0.05, 0.1) is 10.8 Å². The van der Waals surface area contributed by atoms with Crippen LogP contribution in [-0.4, -0.2) is 49.7 Å². The molecule has 0 aromatic heterocycles. The van der Waals surface area contributed by atoms with Crippen LogP contribution in [0.5, 0.6) is 0 Å². The fraction of sp³-hybridized carbons (Fsp3) is 0.692. The predicted molar refractivity (Wildman–Crippen MR) is 131 cm³/mol. The van der Waals surface area contributed by atoms with E-state index < -0.39 is 10.0 Å². The number of anilines is 1.